The number of aromatic nitrogens is 1. The van der Waals surface area contributed by atoms with Crippen LogP contribution in [0.4, 0.5) is 8.78 Å². The molecule has 0 aliphatic carbocycles. The molecule has 2 aromatic carbocycles. The second-order valence-corrected chi connectivity index (χ2v) is 6.68. The summed E-state index contributed by atoms with van der Waals surface area (Å²) in [7, 11) is 0. The molecule has 0 unspecified atom stereocenters. The molecule has 3 rings (SSSR count). The fraction of sp³-hybridized carbons (Fsp3) is 0.158. The first kappa shape index (κ1) is 17.2. The number of rotatable bonds is 5. The molecule has 0 bridgehead atoms. The van der Waals surface area contributed by atoms with Gasteiger partial charge in [0.2, 0.25) is 0 Å². The van der Waals surface area contributed by atoms with Crippen LogP contribution in [0.5, 0.6) is 0 Å². The van der Waals surface area contributed by atoms with E-state index in [-0.39, 0.29) is 24.1 Å². The summed E-state index contributed by atoms with van der Waals surface area (Å²) < 4.78 is 26.6. The Kier molecular flexibility index (Phi) is 5.19. The fourth-order valence-corrected chi connectivity index (χ4v) is 3.43. The van der Waals surface area contributed by atoms with Gasteiger partial charge in [-0.15, -0.1) is 11.3 Å². The molecule has 3 nitrogen and oxygen atoms in total. The molecule has 0 saturated heterocycles. The lowest BCUT2D eigenvalue weighted by molar-refractivity contribution is 0.0954. The monoisotopic (exact) mass is 358 g/mol. The quantitative estimate of drug-likeness (QED) is 0.741. The largest absolute Gasteiger partial charge is 0.347 e. The zero-order valence-electron chi connectivity index (χ0n) is 13.6. The Hall–Kier alpha value is -2.60. The highest BCUT2D eigenvalue weighted by Crippen LogP contribution is 2.21. The molecule has 1 heterocycles. The average molecular weight is 358 g/mol. The first-order valence-corrected chi connectivity index (χ1v) is 8.57. The van der Waals surface area contributed by atoms with Crippen molar-refractivity contribution >= 4 is 17.2 Å². The van der Waals surface area contributed by atoms with Gasteiger partial charge in [0.05, 0.1) is 10.7 Å². The third kappa shape index (κ3) is 4.28. The zero-order chi connectivity index (χ0) is 17.8. The van der Waals surface area contributed by atoms with Crippen molar-refractivity contribution in [1.82, 2.24) is 10.3 Å². The van der Waals surface area contributed by atoms with E-state index in [0.717, 1.165) is 10.6 Å². The van der Waals surface area contributed by atoms with Gasteiger partial charge in [0.1, 0.15) is 16.5 Å². The standard InChI is InChI=1S/C19H16F2N2OS/c1-12-18(19(24)22-11-14-4-2-3-5-16(14)21)25-17(23-12)10-13-6-8-15(20)9-7-13/h2-9H,10-11H2,1H3,(H,22,24). The van der Waals surface area contributed by atoms with Gasteiger partial charge in [-0.05, 0) is 30.7 Å². The van der Waals surface area contributed by atoms with Crippen molar-refractivity contribution in [2.24, 2.45) is 0 Å². The van der Waals surface area contributed by atoms with E-state index >= 15 is 0 Å². The van der Waals surface area contributed by atoms with E-state index < -0.39 is 0 Å². The predicted octanol–water partition coefficient (Wildman–Crippen LogP) is 4.25. The molecule has 6 heteroatoms. The summed E-state index contributed by atoms with van der Waals surface area (Å²) in [5.74, 6) is -0.906. The molecule has 0 spiro atoms. The van der Waals surface area contributed by atoms with Gasteiger partial charge in [-0.25, -0.2) is 13.8 Å². The first-order chi connectivity index (χ1) is 12.0. The summed E-state index contributed by atoms with van der Waals surface area (Å²) in [6.45, 7) is 1.89. The molecule has 0 radical (unpaired) electrons. The van der Waals surface area contributed by atoms with Gasteiger partial charge in [-0.2, -0.15) is 0 Å². The number of benzene rings is 2. The van der Waals surface area contributed by atoms with Gasteiger partial charge in [-0.1, -0.05) is 30.3 Å². The molecular formula is C19H16F2N2OS. The van der Waals surface area contributed by atoms with E-state index in [1.807, 2.05) is 0 Å². The number of halogens is 2. The highest BCUT2D eigenvalue weighted by atomic mass is 32.1. The van der Waals surface area contributed by atoms with E-state index in [1.54, 1.807) is 37.3 Å². The zero-order valence-corrected chi connectivity index (χ0v) is 14.4. The van der Waals surface area contributed by atoms with E-state index in [2.05, 4.69) is 10.3 Å². The number of hydrogen-bond donors (Lipinski definition) is 1. The SMILES string of the molecule is Cc1nc(Cc2ccc(F)cc2)sc1C(=O)NCc1ccccc1F. The van der Waals surface area contributed by atoms with Crippen molar-refractivity contribution in [3.05, 3.63) is 86.9 Å². The lowest BCUT2D eigenvalue weighted by Gasteiger charge is -2.05. The van der Waals surface area contributed by atoms with E-state index in [9.17, 15) is 13.6 Å². The summed E-state index contributed by atoms with van der Waals surface area (Å²) >= 11 is 1.30. The van der Waals surface area contributed by atoms with Crippen LogP contribution in [0.3, 0.4) is 0 Å². The maximum absolute atomic E-state index is 13.6. The van der Waals surface area contributed by atoms with E-state index in [1.165, 1.54) is 29.5 Å². The van der Waals surface area contributed by atoms with Crippen LogP contribution < -0.4 is 5.32 Å². The average Bonchev–Trinajstić information content (AvgIpc) is 2.96. The molecule has 1 amide bonds. The predicted molar refractivity (Wildman–Crippen MR) is 93.6 cm³/mol. The van der Waals surface area contributed by atoms with Gasteiger partial charge in [0.25, 0.3) is 5.91 Å². The van der Waals surface area contributed by atoms with Crippen molar-refractivity contribution in [2.75, 3.05) is 0 Å². The van der Waals surface area contributed by atoms with Crippen molar-refractivity contribution in [2.45, 2.75) is 19.9 Å². The molecule has 0 aliphatic heterocycles. The normalized spacial score (nSPS) is 10.7. The fourth-order valence-electron chi connectivity index (χ4n) is 2.41. The highest BCUT2D eigenvalue weighted by molar-refractivity contribution is 7.13. The van der Waals surface area contributed by atoms with Gasteiger partial charge in [-0.3, -0.25) is 4.79 Å². The Morgan fingerprint density at radius 2 is 1.84 bits per heavy atom. The summed E-state index contributed by atoms with van der Waals surface area (Å²) in [6.07, 6.45) is 0.534. The molecule has 0 fully saturated rings. The first-order valence-electron chi connectivity index (χ1n) is 7.75. The third-order valence-electron chi connectivity index (χ3n) is 3.71. The second kappa shape index (κ2) is 7.53. The number of hydrogen-bond acceptors (Lipinski definition) is 3. The Balaban J connectivity index is 1.68. The van der Waals surface area contributed by atoms with Crippen LogP contribution in [-0.4, -0.2) is 10.9 Å². The van der Waals surface area contributed by atoms with Crippen LogP contribution in [-0.2, 0) is 13.0 Å². The molecule has 0 saturated carbocycles. The lowest BCUT2D eigenvalue weighted by Crippen LogP contribution is -2.23. The lowest BCUT2D eigenvalue weighted by atomic mass is 10.1. The number of nitrogens with one attached hydrogen (secondary N) is 1. The van der Waals surface area contributed by atoms with Gasteiger partial charge in [0.15, 0.2) is 0 Å². The number of nitrogens with zero attached hydrogens (tertiary/aromatic N) is 1. The molecule has 0 atom stereocenters. The van der Waals surface area contributed by atoms with Gasteiger partial charge >= 0.3 is 0 Å². The van der Waals surface area contributed by atoms with Crippen molar-refractivity contribution in [1.29, 1.82) is 0 Å². The smallest absolute Gasteiger partial charge is 0.263 e. The number of aryl methyl sites for hydroxylation is 1. The van der Waals surface area contributed by atoms with Gasteiger partial charge < -0.3 is 5.32 Å². The van der Waals surface area contributed by atoms with Crippen molar-refractivity contribution in [3.63, 3.8) is 0 Å². The second-order valence-electron chi connectivity index (χ2n) is 5.60. The van der Waals surface area contributed by atoms with Crippen molar-refractivity contribution in [3.8, 4) is 0 Å². The van der Waals surface area contributed by atoms with Gasteiger partial charge in [0, 0.05) is 18.5 Å². The maximum Gasteiger partial charge on any atom is 0.263 e. The Morgan fingerprint density at radius 3 is 2.56 bits per heavy atom. The van der Waals surface area contributed by atoms with Crippen molar-refractivity contribution < 1.29 is 13.6 Å². The molecule has 128 valence electrons. The number of carbonyl (C=O) groups is 1. The minimum Gasteiger partial charge on any atom is -0.347 e. The number of carbonyl (C=O) groups excluding carboxylic acids is 1. The van der Waals surface area contributed by atoms with Crippen LogP contribution in [0.25, 0.3) is 0 Å². The van der Waals surface area contributed by atoms with Crippen LogP contribution in [0.1, 0.15) is 31.5 Å². The van der Waals surface area contributed by atoms with Crippen LogP contribution in [0.2, 0.25) is 0 Å². The summed E-state index contributed by atoms with van der Waals surface area (Å²) in [5, 5.41) is 3.50. The number of amides is 1. The summed E-state index contributed by atoms with van der Waals surface area (Å²) in [4.78, 5) is 17.3. The molecule has 1 N–H and O–H groups in total. The van der Waals surface area contributed by atoms with E-state index in [4.69, 9.17) is 0 Å². The molecule has 0 aliphatic rings. The minimum absolute atomic E-state index is 0.121. The Bertz CT molecular complexity index is 891. The van der Waals surface area contributed by atoms with E-state index in [0.29, 0.717) is 22.6 Å². The number of thiazole rings is 1. The molecule has 3 aromatic rings. The van der Waals surface area contributed by atoms with Crippen LogP contribution in [0.15, 0.2) is 48.5 Å². The molecule has 25 heavy (non-hydrogen) atoms. The Morgan fingerprint density at radius 1 is 1.12 bits per heavy atom. The summed E-state index contributed by atoms with van der Waals surface area (Å²) in [5.41, 5.74) is 1.99. The molecule has 1 aromatic heterocycles. The third-order valence-corrected chi connectivity index (χ3v) is 4.87. The summed E-state index contributed by atoms with van der Waals surface area (Å²) in [6, 6.07) is 12.5. The minimum atomic E-state index is -0.346. The van der Waals surface area contributed by atoms with Crippen LogP contribution >= 0.6 is 11.3 Å². The molecular weight excluding hydrogens is 342 g/mol. The maximum atomic E-state index is 13.6. The highest BCUT2D eigenvalue weighted by Gasteiger charge is 2.16. The Labute approximate surface area is 148 Å². The van der Waals surface area contributed by atoms with Crippen LogP contribution in [0, 0.1) is 18.6 Å². The topological polar surface area (TPSA) is 42.0 Å².